The number of nitrogens with zero attached hydrogens (tertiary/aromatic N) is 2. The Morgan fingerprint density at radius 3 is 3.40 bits per heavy atom. The monoisotopic (exact) mass is 204 g/mol. The fourth-order valence-corrected chi connectivity index (χ4v) is 2.13. The predicted octanol–water partition coefficient (Wildman–Crippen LogP) is -0.188. The fourth-order valence-electron chi connectivity index (χ4n) is 2.13. The summed E-state index contributed by atoms with van der Waals surface area (Å²) in [4.78, 5) is 18.2. The Kier molecular flexibility index (Phi) is 1.85. The largest absolute Gasteiger partial charge is 0.340 e. The lowest BCUT2D eigenvalue weighted by molar-refractivity contribution is -0.117. The van der Waals surface area contributed by atoms with Gasteiger partial charge in [0.25, 0.3) is 0 Å². The van der Waals surface area contributed by atoms with Crippen LogP contribution in [0.2, 0.25) is 0 Å². The number of nitrogens with one attached hydrogen (secondary N) is 2. The van der Waals surface area contributed by atoms with Gasteiger partial charge in [-0.05, 0) is 12.1 Å². The zero-order chi connectivity index (χ0) is 10.3. The third-order valence-corrected chi connectivity index (χ3v) is 2.86. The molecule has 1 atom stereocenters. The number of hydrogen-bond donors (Lipinski definition) is 2. The van der Waals surface area contributed by atoms with Gasteiger partial charge in [0.15, 0.2) is 5.82 Å². The number of anilines is 2. The van der Waals surface area contributed by atoms with Gasteiger partial charge in [-0.15, -0.1) is 0 Å². The highest BCUT2D eigenvalue weighted by molar-refractivity contribution is 6.03. The van der Waals surface area contributed by atoms with Gasteiger partial charge < -0.3 is 15.5 Å². The molecule has 2 aliphatic heterocycles. The molecule has 78 valence electrons. The van der Waals surface area contributed by atoms with Crippen molar-refractivity contribution < 1.29 is 4.79 Å². The molecule has 1 fully saturated rings. The summed E-state index contributed by atoms with van der Waals surface area (Å²) in [6.45, 7) is 2.43. The summed E-state index contributed by atoms with van der Waals surface area (Å²) in [5.74, 6) is 0.950. The number of rotatable bonds is 0. The van der Waals surface area contributed by atoms with E-state index in [0.29, 0.717) is 6.54 Å². The molecular formula is C10H12N4O. The van der Waals surface area contributed by atoms with E-state index in [2.05, 4.69) is 20.5 Å². The summed E-state index contributed by atoms with van der Waals surface area (Å²) in [7, 11) is 0. The number of amides is 1. The lowest BCUT2D eigenvalue weighted by Gasteiger charge is -2.40. The van der Waals surface area contributed by atoms with Crippen molar-refractivity contribution >= 4 is 17.4 Å². The first kappa shape index (κ1) is 8.67. The Morgan fingerprint density at radius 1 is 1.53 bits per heavy atom. The predicted molar refractivity (Wildman–Crippen MR) is 56.9 cm³/mol. The lowest BCUT2D eigenvalue weighted by atomic mass is 10.1. The molecule has 15 heavy (non-hydrogen) atoms. The summed E-state index contributed by atoms with van der Waals surface area (Å²) < 4.78 is 0. The minimum Gasteiger partial charge on any atom is -0.340 e. The van der Waals surface area contributed by atoms with Crippen LogP contribution in [0.4, 0.5) is 11.5 Å². The second kappa shape index (κ2) is 3.20. The Hall–Kier alpha value is -1.62. The molecule has 1 saturated heterocycles. The number of fused-ring (bicyclic) bond motifs is 3. The van der Waals surface area contributed by atoms with E-state index in [0.717, 1.165) is 24.6 Å². The molecule has 3 rings (SSSR count). The molecule has 0 aromatic carbocycles. The summed E-state index contributed by atoms with van der Waals surface area (Å²) in [5.41, 5.74) is 0.820. The molecule has 2 aliphatic rings. The summed E-state index contributed by atoms with van der Waals surface area (Å²) in [6.07, 6.45) is 1.76. The minimum absolute atomic E-state index is 0.0581. The Balaban J connectivity index is 2.06. The van der Waals surface area contributed by atoms with Crippen molar-refractivity contribution in [2.24, 2.45) is 0 Å². The summed E-state index contributed by atoms with van der Waals surface area (Å²) >= 11 is 0. The van der Waals surface area contributed by atoms with Crippen LogP contribution >= 0.6 is 0 Å². The average molecular weight is 204 g/mol. The molecule has 0 spiro atoms. The van der Waals surface area contributed by atoms with E-state index in [1.807, 2.05) is 12.1 Å². The number of hydrogen-bond acceptors (Lipinski definition) is 4. The zero-order valence-electron chi connectivity index (χ0n) is 8.23. The average Bonchev–Trinajstić information content (AvgIpc) is 2.30. The minimum atomic E-state index is -0.110. The van der Waals surface area contributed by atoms with Gasteiger partial charge in [-0.25, -0.2) is 4.98 Å². The van der Waals surface area contributed by atoms with E-state index in [9.17, 15) is 4.79 Å². The van der Waals surface area contributed by atoms with Gasteiger partial charge in [-0.2, -0.15) is 0 Å². The van der Waals surface area contributed by atoms with Crippen molar-refractivity contribution in [3.05, 3.63) is 18.3 Å². The maximum Gasteiger partial charge on any atom is 0.248 e. The van der Waals surface area contributed by atoms with Crippen molar-refractivity contribution in [2.45, 2.75) is 6.04 Å². The van der Waals surface area contributed by atoms with Crippen LogP contribution in [0.15, 0.2) is 18.3 Å². The maximum absolute atomic E-state index is 11.8. The molecule has 1 aromatic heterocycles. The van der Waals surface area contributed by atoms with Gasteiger partial charge in [0.1, 0.15) is 6.04 Å². The molecule has 5 nitrogen and oxygen atoms in total. The fraction of sp³-hybridized carbons (Fsp3) is 0.400. The maximum atomic E-state index is 11.8. The van der Waals surface area contributed by atoms with Gasteiger partial charge >= 0.3 is 0 Å². The van der Waals surface area contributed by atoms with Gasteiger partial charge in [-0.3, -0.25) is 4.79 Å². The van der Waals surface area contributed by atoms with E-state index < -0.39 is 0 Å². The van der Waals surface area contributed by atoms with Crippen molar-refractivity contribution in [3.63, 3.8) is 0 Å². The molecule has 3 heterocycles. The van der Waals surface area contributed by atoms with E-state index in [1.165, 1.54) is 0 Å². The second-order valence-electron chi connectivity index (χ2n) is 3.78. The van der Waals surface area contributed by atoms with E-state index >= 15 is 0 Å². The van der Waals surface area contributed by atoms with E-state index in [1.54, 1.807) is 6.20 Å². The Labute approximate surface area is 87.5 Å². The third kappa shape index (κ3) is 1.27. The third-order valence-electron chi connectivity index (χ3n) is 2.86. The molecule has 1 amide bonds. The van der Waals surface area contributed by atoms with Gasteiger partial charge in [0.2, 0.25) is 5.91 Å². The smallest absolute Gasteiger partial charge is 0.248 e. The number of piperazine rings is 1. The Bertz CT molecular complexity index is 406. The van der Waals surface area contributed by atoms with Crippen molar-refractivity contribution in [2.75, 3.05) is 29.9 Å². The quantitative estimate of drug-likeness (QED) is 0.615. The van der Waals surface area contributed by atoms with Crippen LogP contribution in [-0.2, 0) is 4.79 Å². The molecule has 5 heteroatoms. The highest BCUT2D eigenvalue weighted by atomic mass is 16.2. The molecule has 0 bridgehead atoms. The standard InChI is InChI=1S/C10H12N4O/c15-10-8-6-11-4-5-14(8)9-7(13-10)2-1-3-12-9/h1-3,8,11H,4-6H2,(H,13,15). The van der Waals surface area contributed by atoms with Gasteiger partial charge in [-0.1, -0.05) is 0 Å². The van der Waals surface area contributed by atoms with Crippen LogP contribution in [0.25, 0.3) is 0 Å². The van der Waals surface area contributed by atoms with E-state index in [4.69, 9.17) is 0 Å². The van der Waals surface area contributed by atoms with Crippen LogP contribution < -0.4 is 15.5 Å². The topological polar surface area (TPSA) is 57.3 Å². The molecule has 0 aliphatic carbocycles. The first-order valence-corrected chi connectivity index (χ1v) is 5.09. The number of aromatic nitrogens is 1. The highest BCUT2D eigenvalue weighted by Crippen LogP contribution is 2.29. The first-order chi connectivity index (χ1) is 7.36. The number of carbonyl (C=O) groups excluding carboxylic acids is 1. The Morgan fingerprint density at radius 2 is 2.47 bits per heavy atom. The molecule has 2 N–H and O–H groups in total. The molecule has 0 saturated carbocycles. The number of carbonyl (C=O) groups is 1. The van der Waals surface area contributed by atoms with Crippen molar-refractivity contribution in [3.8, 4) is 0 Å². The summed E-state index contributed by atoms with van der Waals surface area (Å²) in [6, 6.07) is 3.61. The highest BCUT2D eigenvalue weighted by Gasteiger charge is 2.35. The van der Waals surface area contributed by atoms with Crippen LogP contribution in [0.3, 0.4) is 0 Å². The zero-order valence-corrected chi connectivity index (χ0v) is 8.23. The molecule has 1 unspecified atom stereocenters. The van der Waals surface area contributed by atoms with Crippen LogP contribution in [0.5, 0.6) is 0 Å². The van der Waals surface area contributed by atoms with Crippen molar-refractivity contribution in [1.82, 2.24) is 10.3 Å². The summed E-state index contributed by atoms with van der Waals surface area (Å²) in [5, 5.41) is 6.09. The lowest BCUT2D eigenvalue weighted by Crippen LogP contribution is -2.59. The van der Waals surface area contributed by atoms with Crippen molar-refractivity contribution in [1.29, 1.82) is 0 Å². The second-order valence-corrected chi connectivity index (χ2v) is 3.78. The normalized spacial score (nSPS) is 24.1. The van der Waals surface area contributed by atoms with Crippen LogP contribution in [0.1, 0.15) is 0 Å². The van der Waals surface area contributed by atoms with Gasteiger partial charge in [0, 0.05) is 25.8 Å². The molecule has 0 radical (unpaired) electrons. The molecule has 1 aromatic rings. The van der Waals surface area contributed by atoms with Gasteiger partial charge in [0.05, 0.1) is 5.69 Å². The first-order valence-electron chi connectivity index (χ1n) is 5.09. The van der Waals surface area contributed by atoms with Crippen LogP contribution in [0, 0.1) is 0 Å². The van der Waals surface area contributed by atoms with E-state index in [-0.39, 0.29) is 11.9 Å². The number of pyridine rings is 1. The van der Waals surface area contributed by atoms with Crippen LogP contribution in [-0.4, -0.2) is 36.6 Å². The molecular weight excluding hydrogens is 192 g/mol. The SMILES string of the molecule is O=C1Nc2cccnc2N2CCNCC12.